The number of hydrogen-bond acceptors (Lipinski definition) is 0. The fourth-order valence-corrected chi connectivity index (χ4v) is 9.52. The van der Waals surface area contributed by atoms with Crippen LogP contribution in [0.25, 0.3) is 110 Å². The van der Waals surface area contributed by atoms with E-state index in [2.05, 4.69) is 240 Å². The molecule has 0 N–H and O–H groups in total. The molecule has 0 spiro atoms. The van der Waals surface area contributed by atoms with Crippen LogP contribution >= 0.6 is 0 Å². The highest BCUT2D eigenvalue weighted by Crippen LogP contribution is 2.42. The number of rotatable bonds is 6. The van der Waals surface area contributed by atoms with Gasteiger partial charge in [-0.25, -0.2) is 0 Å². The quantitative estimate of drug-likeness (QED) is 0.160. The van der Waals surface area contributed by atoms with E-state index in [1.54, 1.807) is 0 Å². The average Bonchev–Trinajstić information content (AvgIpc) is 3.84. The van der Waals surface area contributed by atoms with Gasteiger partial charge in [-0.3, -0.25) is 0 Å². The Kier molecular flexibility index (Phi) is 7.89. The normalized spacial score (nSPS) is 11.7. The van der Waals surface area contributed by atoms with Crippen LogP contribution < -0.4 is 0 Å². The molecule has 0 radical (unpaired) electrons. The highest BCUT2D eigenvalue weighted by Gasteiger charge is 2.19. The standard InChI is InChI=1S/C58H38N2/c1-3-13-39(14-4-1)40-25-31-47(32-26-40)60-56-36-30-45(38-53(56)58-50(22-12-24-57(58)60)42-15-5-2-6-16-42)44-29-35-55-52(37-44)51-20-9-10-23-54(51)59(55)46-33-27-43(28-34-46)49-21-11-18-41-17-7-8-19-48(41)49/h1-38H. The van der Waals surface area contributed by atoms with Crippen molar-refractivity contribution in [2.24, 2.45) is 0 Å². The summed E-state index contributed by atoms with van der Waals surface area (Å²) in [6.45, 7) is 0. The van der Waals surface area contributed by atoms with Gasteiger partial charge in [0.05, 0.1) is 22.1 Å². The van der Waals surface area contributed by atoms with Gasteiger partial charge in [-0.05, 0) is 116 Å². The molecule has 10 aromatic carbocycles. The van der Waals surface area contributed by atoms with E-state index in [4.69, 9.17) is 0 Å². The van der Waals surface area contributed by atoms with Gasteiger partial charge in [-0.15, -0.1) is 0 Å². The molecule has 0 fully saturated rings. The molecule has 2 aromatic heterocycles. The van der Waals surface area contributed by atoms with Crippen molar-refractivity contribution in [3.63, 3.8) is 0 Å². The van der Waals surface area contributed by atoms with Crippen molar-refractivity contribution in [3.05, 3.63) is 231 Å². The molecular weight excluding hydrogens is 725 g/mol. The Labute approximate surface area is 348 Å². The second-order valence-corrected chi connectivity index (χ2v) is 15.7. The molecule has 0 saturated carbocycles. The molecule has 0 saturated heterocycles. The van der Waals surface area contributed by atoms with Gasteiger partial charge in [0.25, 0.3) is 0 Å². The van der Waals surface area contributed by atoms with Crippen LogP contribution in [0.3, 0.4) is 0 Å². The van der Waals surface area contributed by atoms with Gasteiger partial charge in [0.15, 0.2) is 0 Å². The van der Waals surface area contributed by atoms with E-state index in [0.29, 0.717) is 0 Å². The SMILES string of the molecule is c1ccc(-c2ccc(-n3c4ccc(-c5ccc6c(c5)c5ccccc5n6-c5ccc(-c6cccc7ccccc67)cc5)cc4c4c(-c5ccccc5)cccc43)cc2)cc1. The number of benzene rings is 10. The summed E-state index contributed by atoms with van der Waals surface area (Å²) in [5, 5.41) is 7.52. The van der Waals surface area contributed by atoms with Crippen molar-refractivity contribution in [1.82, 2.24) is 9.13 Å². The third-order valence-corrected chi connectivity index (χ3v) is 12.3. The lowest BCUT2D eigenvalue weighted by Crippen LogP contribution is -1.94. The molecule has 60 heavy (non-hydrogen) atoms. The molecule has 0 atom stereocenters. The van der Waals surface area contributed by atoms with E-state index in [0.717, 1.165) is 11.4 Å². The smallest absolute Gasteiger partial charge is 0.0547 e. The zero-order chi connectivity index (χ0) is 39.6. The average molecular weight is 763 g/mol. The lowest BCUT2D eigenvalue weighted by molar-refractivity contribution is 1.18. The minimum atomic E-state index is 1.15. The zero-order valence-electron chi connectivity index (χ0n) is 32.8. The van der Waals surface area contributed by atoms with Crippen LogP contribution in [0.4, 0.5) is 0 Å². The lowest BCUT2D eigenvalue weighted by Gasteiger charge is -2.11. The van der Waals surface area contributed by atoms with Gasteiger partial charge in [0, 0.05) is 32.9 Å². The topological polar surface area (TPSA) is 9.86 Å². The van der Waals surface area contributed by atoms with Crippen LogP contribution in [-0.4, -0.2) is 9.13 Å². The number of fused-ring (bicyclic) bond motifs is 7. The summed E-state index contributed by atoms with van der Waals surface area (Å²) < 4.78 is 4.84. The maximum atomic E-state index is 2.43. The molecule has 0 aliphatic carbocycles. The van der Waals surface area contributed by atoms with Crippen LogP contribution in [-0.2, 0) is 0 Å². The molecule has 0 aliphatic heterocycles. The number of aromatic nitrogens is 2. The van der Waals surface area contributed by atoms with Crippen LogP contribution in [0.15, 0.2) is 231 Å². The summed E-state index contributed by atoms with van der Waals surface area (Å²) in [4.78, 5) is 0. The van der Waals surface area contributed by atoms with Crippen LogP contribution in [0, 0.1) is 0 Å². The van der Waals surface area contributed by atoms with E-state index < -0.39 is 0 Å². The van der Waals surface area contributed by atoms with E-state index in [1.807, 2.05) is 0 Å². The Hall–Kier alpha value is -7.94. The molecule has 280 valence electrons. The van der Waals surface area contributed by atoms with Gasteiger partial charge in [-0.1, -0.05) is 170 Å². The fourth-order valence-electron chi connectivity index (χ4n) is 9.52. The van der Waals surface area contributed by atoms with E-state index in [9.17, 15) is 0 Å². The summed E-state index contributed by atoms with van der Waals surface area (Å²) >= 11 is 0. The van der Waals surface area contributed by atoms with E-state index in [-0.39, 0.29) is 0 Å². The van der Waals surface area contributed by atoms with Gasteiger partial charge >= 0.3 is 0 Å². The predicted molar refractivity (Wildman–Crippen MR) is 254 cm³/mol. The van der Waals surface area contributed by atoms with E-state index >= 15 is 0 Å². The Morgan fingerprint density at radius 1 is 0.233 bits per heavy atom. The third kappa shape index (κ3) is 5.50. The predicted octanol–water partition coefficient (Wildman–Crippen LogP) is 15.7. The Bertz CT molecular complexity index is 3550. The minimum absolute atomic E-state index is 1.15. The number of nitrogens with zero attached hydrogens (tertiary/aromatic N) is 2. The molecular formula is C58H38N2. The van der Waals surface area contributed by atoms with Crippen molar-refractivity contribution in [1.29, 1.82) is 0 Å². The van der Waals surface area contributed by atoms with Gasteiger partial charge < -0.3 is 9.13 Å². The first-order valence-corrected chi connectivity index (χ1v) is 20.7. The van der Waals surface area contributed by atoms with Gasteiger partial charge in [0.2, 0.25) is 0 Å². The largest absolute Gasteiger partial charge is 0.309 e. The second kappa shape index (κ2) is 13.9. The summed E-state index contributed by atoms with van der Waals surface area (Å²) in [6, 6.07) is 84.2. The molecule has 0 amide bonds. The molecule has 12 rings (SSSR count). The van der Waals surface area contributed by atoms with Crippen molar-refractivity contribution >= 4 is 54.4 Å². The minimum Gasteiger partial charge on any atom is -0.309 e. The molecule has 0 aliphatic rings. The Balaban J connectivity index is 1.00. The van der Waals surface area contributed by atoms with Crippen molar-refractivity contribution in [3.8, 4) is 55.9 Å². The van der Waals surface area contributed by atoms with E-state index in [1.165, 1.54) is 98.9 Å². The lowest BCUT2D eigenvalue weighted by atomic mass is 9.97. The number of hydrogen-bond donors (Lipinski definition) is 0. The highest BCUT2D eigenvalue weighted by atomic mass is 15.0. The molecule has 2 nitrogen and oxygen atoms in total. The first-order valence-electron chi connectivity index (χ1n) is 20.7. The Morgan fingerprint density at radius 3 is 1.42 bits per heavy atom. The molecule has 0 bridgehead atoms. The summed E-state index contributed by atoms with van der Waals surface area (Å²) in [5.41, 5.74) is 16.8. The fraction of sp³-hybridized carbons (Fsp3) is 0. The maximum Gasteiger partial charge on any atom is 0.0547 e. The van der Waals surface area contributed by atoms with Crippen LogP contribution in [0.1, 0.15) is 0 Å². The third-order valence-electron chi connectivity index (χ3n) is 12.3. The summed E-state index contributed by atoms with van der Waals surface area (Å²) in [5.74, 6) is 0. The van der Waals surface area contributed by atoms with Crippen molar-refractivity contribution in [2.75, 3.05) is 0 Å². The highest BCUT2D eigenvalue weighted by molar-refractivity contribution is 6.17. The maximum absolute atomic E-state index is 2.43. The van der Waals surface area contributed by atoms with Crippen LogP contribution in [0.2, 0.25) is 0 Å². The first kappa shape index (κ1) is 34.1. The number of para-hydroxylation sites is 1. The van der Waals surface area contributed by atoms with Crippen LogP contribution in [0.5, 0.6) is 0 Å². The Morgan fingerprint density at radius 2 is 0.683 bits per heavy atom. The molecule has 2 heteroatoms. The zero-order valence-corrected chi connectivity index (χ0v) is 32.8. The molecule has 2 heterocycles. The van der Waals surface area contributed by atoms with Gasteiger partial charge in [0.1, 0.15) is 0 Å². The molecule has 12 aromatic rings. The van der Waals surface area contributed by atoms with Gasteiger partial charge in [-0.2, -0.15) is 0 Å². The summed E-state index contributed by atoms with van der Waals surface area (Å²) in [6.07, 6.45) is 0. The van der Waals surface area contributed by atoms with Crippen molar-refractivity contribution in [2.45, 2.75) is 0 Å². The summed E-state index contributed by atoms with van der Waals surface area (Å²) in [7, 11) is 0. The second-order valence-electron chi connectivity index (χ2n) is 15.7. The van der Waals surface area contributed by atoms with Crippen molar-refractivity contribution < 1.29 is 0 Å². The first-order chi connectivity index (χ1) is 29.8. The monoisotopic (exact) mass is 762 g/mol. The molecule has 0 unspecified atom stereocenters.